The Kier molecular flexibility index (Phi) is 5.59. The molecule has 30 heavy (non-hydrogen) atoms. The molecule has 1 saturated heterocycles. The van der Waals surface area contributed by atoms with Crippen molar-refractivity contribution >= 4 is 11.4 Å². The average Bonchev–Trinajstić information content (AvgIpc) is 3.12. The van der Waals surface area contributed by atoms with E-state index in [9.17, 15) is 20.2 Å². The van der Waals surface area contributed by atoms with Gasteiger partial charge in [0.25, 0.3) is 11.4 Å². The van der Waals surface area contributed by atoms with Crippen LogP contribution < -0.4 is 14.4 Å². The van der Waals surface area contributed by atoms with E-state index in [4.69, 9.17) is 14.2 Å². The minimum absolute atomic E-state index is 0.00661. The Morgan fingerprint density at radius 3 is 2.37 bits per heavy atom. The first-order chi connectivity index (χ1) is 14.5. The molecule has 0 aliphatic carbocycles. The summed E-state index contributed by atoms with van der Waals surface area (Å²) in [6.45, 7) is 2.95. The number of morpholine rings is 1. The van der Waals surface area contributed by atoms with Crippen molar-refractivity contribution < 1.29 is 29.0 Å². The number of hydrogen-bond acceptors (Lipinski definition) is 7. The quantitative estimate of drug-likeness (QED) is 0.566. The normalized spacial score (nSPS) is 19.9. The van der Waals surface area contributed by atoms with Gasteiger partial charge in [-0.15, -0.1) is 0 Å². The van der Waals surface area contributed by atoms with E-state index in [1.807, 2.05) is 0 Å². The maximum Gasteiger partial charge on any atom is 0.270 e. The number of nitro groups is 2. The zero-order chi connectivity index (χ0) is 21.1. The first kappa shape index (κ1) is 19.8. The van der Waals surface area contributed by atoms with E-state index in [0.29, 0.717) is 30.5 Å². The van der Waals surface area contributed by atoms with Crippen molar-refractivity contribution in [2.45, 2.75) is 6.04 Å². The molecule has 0 unspecified atom stereocenters. The predicted molar refractivity (Wildman–Crippen MR) is 105 cm³/mol. The van der Waals surface area contributed by atoms with Gasteiger partial charge < -0.3 is 19.1 Å². The van der Waals surface area contributed by atoms with E-state index in [1.54, 1.807) is 18.2 Å². The second kappa shape index (κ2) is 8.47. The van der Waals surface area contributed by atoms with Crippen molar-refractivity contribution in [2.24, 2.45) is 0 Å². The summed E-state index contributed by atoms with van der Waals surface area (Å²) >= 11 is 0. The minimum Gasteiger partial charge on any atom is -0.489 e. The first-order valence-corrected chi connectivity index (χ1v) is 9.49. The second-order valence-corrected chi connectivity index (χ2v) is 6.95. The third-order valence-electron chi connectivity index (χ3n) is 5.15. The maximum atomic E-state index is 11.2. The van der Waals surface area contributed by atoms with Gasteiger partial charge in [-0.1, -0.05) is 0 Å². The lowest BCUT2D eigenvalue weighted by Crippen LogP contribution is -3.14. The van der Waals surface area contributed by atoms with Gasteiger partial charge in [0.2, 0.25) is 0 Å². The highest BCUT2D eigenvalue weighted by Gasteiger charge is 2.39. The Hall–Kier alpha value is -3.50. The van der Waals surface area contributed by atoms with Gasteiger partial charge in [-0.2, -0.15) is 0 Å². The standard InChI is InChI=1S/C20H19N3O7/c24-22(25)14-1-4-16(5-2-14)29-10-7-19-20(21-8-11-28-12-9-21)17-13-15(23(26)27)3-6-18(17)30-19/h1-7,13,20H,8-12H2/p+1/b19-7+/t20-/m0/s1. The van der Waals surface area contributed by atoms with Crippen molar-refractivity contribution in [1.82, 2.24) is 0 Å². The Bertz CT molecular complexity index is 984. The molecule has 156 valence electrons. The van der Waals surface area contributed by atoms with Gasteiger partial charge in [-0.25, -0.2) is 0 Å². The van der Waals surface area contributed by atoms with Crippen LogP contribution in [0.15, 0.2) is 54.3 Å². The van der Waals surface area contributed by atoms with Gasteiger partial charge in [0.1, 0.15) is 31.2 Å². The number of rotatable bonds is 6. The molecule has 0 spiro atoms. The third-order valence-corrected chi connectivity index (χ3v) is 5.15. The number of fused-ring (bicyclic) bond motifs is 1. The summed E-state index contributed by atoms with van der Waals surface area (Å²) in [4.78, 5) is 22.3. The highest BCUT2D eigenvalue weighted by Crippen LogP contribution is 2.39. The fraction of sp³-hybridized carbons (Fsp3) is 0.300. The number of ether oxygens (including phenoxy) is 3. The molecule has 2 aliphatic heterocycles. The molecule has 0 amide bonds. The molecule has 0 saturated carbocycles. The molecule has 2 aromatic carbocycles. The van der Waals surface area contributed by atoms with E-state index in [2.05, 4.69) is 0 Å². The predicted octanol–water partition coefficient (Wildman–Crippen LogP) is 1.81. The lowest BCUT2D eigenvalue weighted by molar-refractivity contribution is -0.933. The van der Waals surface area contributed by atoms with Crippen LogP contribution in [0.3, 0.4) is 0 Å². The molecule has 2 aliphatic rings. The van der Waals surface area contributed by atoms with Crippen molar-refractivity contribution in [3.63, 3.8) is 0 Å². The number of non-ortho nitro benzene ring substituents is 2. The van der Waals surface area contributed by atoms with Gasteiger partial charge in [0.05, 0.1) is 28.6 Å². The Labute approximate surface area is 171 Å². The molecule has 10 heteroatoms. The van der Waals surface area contributed by atoms with Crippen LogP contribution in [0.5, 0.6) is 11.5 Å². The molecule has 0 bridgehead atoms. The number of quaternary nitrogens is 1. The van der Waals surface area contributed by atoms with Crippen LogP contribution in [0.4, 0.5) is 11.4 Å². The van der Waals surface area contributed by atoms with Crippen molar-refractivity contribution in [1.29, 1.82) is 0 Å². The van der Waals surface area contributed by atoms with Crippen LogP contribution in [0.25, 0.3) is 0 Å². The smallest absolute Gasteiger partial charge is 0.270 e. The second-order valence-electron chi connectivity index (χ2n) is 6.95. The molecule has 0 aromatic heterocycles. The summed E-state index contributed by atoms with van der Waals surface area (Å²) in [7, 11) is 0. The monoisotopic (exact) mass is 414 g/mol. The zero-order valence-electron chi connectivity index (χ0n) is 16.0. The highest BCUT2D eigenvalue weighted by molar-refractivity contribution is 5.50. The van der Waals surface area contributed by atoms with E-state index >= 15 is 0 Å². The van der Waals surface area contributed by atoms with Gasteiger partial charge in [0.15, 0.2) is 11.8 Å². The Morgan fingerprint density at radius 1 is 1.03 bits per heavy atom. The molecule has 10 nitrogen and oxygen atoms in total. The molecule has 0 radical (unpaired) electrons. The molecule has 4 rings (SSSR count). The van der Waals surface area contributed by atoms with E-state index in [1.165, 1.54) is 35.2 Å². The molecule has 2 heterocycles. The SMILES string of the molecule is O=[N+]([O-])c1ccc(OC/C=C2/Oc3ccc([N+](=O)[O-])cc3[C@@H]2[NH+]2CCOCC2)cc1. The van der Waals surface area contributed by atoms with Crippen LogP contribution in [0.1, 0.15) is 11.6 Å². The fourth-order valence-electron chi connectivity index (χ4n) is 3.69. The summed E-state index contributed by atoms with van der Waals surface area (Å²) in [5, 5.41) is 22.0. The lowest BCUT2D eigenvalue weighted by Gasteiger charge is -2.29. The van der Waals surface area contributed by atoms with Gasteiger partial charge in [0, 0.05) is 24.3 Å². The van der Waals surface area contributed by atoms with Crippen LogP contribution in [-0.4, -0.2) is 42.8 Å². The Morgan fingerprint density at radius 2 is 1.70 bits per heavy atom. The summed E-state index contributed by atoms with van der Waals surface area (Å²) < 4.78 is 17.1. The summed E-state index contributed by atoms with van der Waals surface area (Å²) in [6, 6.07) is 10.3. The number of hydrogen-bond donors (Lipinski definition) is 1. The molecule has 1 N–H and O–H groups in total. The average molecular weight is 414 g/mol. The van der Waals surface area contributed by atoms with Crippen LogP contribution >= 0.6 is 0 Å². The maximum absolute atomic E-state index is 11.2. The number of benzene rings is 2. The minimum atomic E-state index is -0.468. The van der Waals surface area contributed by atoms with Crippen LogP contribution in [-0.2, 0) is 4.74 Å². The molecule has 1 atom stereocenters. The van der Waals surface area contributed by atoms with Gasteiger partial charge in [-0.3, -0.25) is 20.2 Å². The first-order valence-electron chi connectivity index (χ1n) is 9.49. The zero-order valence-corrected chi connectivity index (χ0v) is 16.0. The van der Waals surface area contributed by atoms with Crippen molar-refractivity contribution in [2.75, 3.05) is 32.9 Å². The highest BCUT2D eigenvalue weighted by atomic mass is 16.6. The lowest BCUT2D eigenvalue weighted by atomic mass is 10.0. The van der Waals surface area contributed by atoms with Gasteiger partial charge in [-0.05, 0) is 24.3 Å². The number of nitrogens with one attached hydrogen (secondary N) is 1. The fourth-order valence-corrected chi connectivity index (χ4v) is 3.69. The Balaban J connectivity index is 1.54. The van der Waals surface area contributed by atoms with Crippen LogP contribution in [0, 0.1) is 20.2 Å². The van der Waals surface area contributed by atoms with Crippen molar-refractivity contribution in [3.05, 3.63) is 80.1 Å². The molecule has 2 aromatic rings. The largest absolute Gasteiger partial charge is 0.489 e. The number of nitro benzene ring substituents is 2. The topological polar surface area (TPSA) is 118 Å². The van der Waals surface area contributed by atoms with Crippen LogP contribution in [0.2, 0.25) is 0 Å². The van der Waals surface area contributed by atoms with E-state index < -0.39 is 9.85 Å². The summed E-state index contributed by atoms with van der Waals surface area (Å²) in [6.07, 6.45) is 1.81. The molecular weight excluding hydrogens is 394 g/mol. The third kappa shape index (κ3) is 4.09. The molecular formula is C20H20N3O7+. The number of nitrogens with zero attached hydrogens (tertiary/aromatic N) is 2. The summed E-state index contributed by atoms with van der Waals surface area (Å²) in [5.74, 6) is 1.77. The van der Waals surface area contributed by atoms with E-state index in [0.717, 1.165) is 18.7 Å². The van der Waals surface area contributed by atoms with E-state index in [-0.39, 0.29) is 24.0 Å². The summed E-state index contributed by atoms with van der Waals surface area (Å²) in [5.41, 5.74) is 0.800. The van der Waals surface area contributed by atoms with Crippen molar-refractivity contribution in [3.8, 4) is 11.5 Å². The van der Waals surface area contributed by atoms with Gasteiger partial charge >= 0.3 is 0 Å². The molecule has 1 fully saturated rings.